The first-order valence-electron chi connectivity index (χ1n) is 8.65. The highest BCUT2D eigenvalue weighted by Gasteiger charge is 2.34. The van der Waals surface area contributed by atoms with Gasteiger partial charge in [0.05, 0.1) is 10.6 Å². The minimum Gasteiger partial charge on any atom is -0.507 e. The lowest BCUT2D eigenvalue weighted by Gasteiger charge is -2.13. The molecule has 0 radical (unpaired) electrons. The van der Waals surface area contributed by atoms with Crippen LogP contribution in [0.4, 0.5) is 13.2 Å². The maximum Gasteiger partial charge on any atom is 0.417 e. The predicted molar refractivity (Wildman–Crippen MR) is 106 cm³/mol. The first-order chi connectivity index (χ1) is 13.9. The Hall–Kier alpha value is -3.13. The van der Waals surface area contributed by atoms with E-state index < -0.39 is 44.8 Å². The van der Waals surface area contributed by atoms with Gasteiger partial charge in [-0.3, -0.25) is 4.79 Å². The zero-order chi connectivity index (χ0) is 22.4. The third-order valence-electron chi connectivity index (χ3n) is 4.45. The number of benzene rings is 2. The number of alkyl halides is 3. The van der Waals surface area contributed by atoms with E-state index in [1.807, 2.05) is 0 Å². The van der Waals surface area contributed by atoms with Crippen LogP contribution in [0.2, 0.25) is 5.02 Å². The Morgan fingerprint density at radius 2 is 1.80 bits per heavy atom. The number of hydrogen-bond donors (Lipinski definition) is 3. The van der Waals surface area contributed by atoms with Crippen molar-refractivity contribution < 1.29 is 32.9 Å². The monoisotopic (exact) mass is 440 g/mol. The molecule has 0 saturated carbocycles. The number of phenols is 2. The number of halogens is 4. The minimum absolute atomic E-state index is 0.118. The average Bonchev–Trinajstić information content (AvgIpc) is 2.63. The van der Waals surface area contributed by atoms with Crippen molar-refractivity contribution in [3.8, 4) is 28.6 Å². The van der Waals surface area contributed by atoms with E-state index in [2.05, 4.69) is 0 Å². The summed E-state index contributed by atoms with van der Waals surface area (Å²) in [7, 11) is 0. The van der Waals surface area contributed by atoms with Gasteiger partial charge in [0.2, 0.25) is 11.2 Å². The molecule has 0 unspecified atom stereocenters. The lowest BCUT2D eigenvalue weighted by Crippen LogP contribution is -2.07. The largest absolute Gasteiger partial charge is 0.507 e. The number of aromatic hydroxyl groups is 3. The van der Waals surface area contributed by atoms with Gasteiger partial charge in [0.15, 0.2) is 5.76 Å². The van der Waals surface area contributed by atoms with Crippen molar-refractivity contribution in [2.24, 2.45) is 0 Å². The van der Waals surface area contributed by atoms with Gasteiger partial charge >= 0.3 is 6.18 Å². The topological polar surface area (TPSA) is 90.9 Å². The van der Waals surface area contributed by atoms with E-state index in [0.717, 1.165) is 23.8 Å². The summed E-state index contributed by atoms with van der Waals surface area (Å²) in [5.41, 5.74) is -1.69. The van der Waals surface area contributed by atoms with Gasteiger partial charge in [0, 0.05) is 17.2 Å². The van der Waals surface area contributed by atoms with E-state index in [1.165, 1.54) is 0 Å². The normalized spacial score (nSPS) is 11.7. The number of allylic oxidation sites excluding steroid dienone is 2. The van der Waals surface area contributed by atoms with Crippen molar-refractivity contribution in [3.05, 3.63) is 62.3 Å². The summed E-state index contributed by atoms with van der Waals surface area (Å²) < 4.78 is 45.2. The van der Waals surface area contributed by atoms with E-state index in [9.17, 15) is 33.3 Å². The summed E-state index contributed by atoms with van der Waals surface area (Å²) in [6.07, 6.45) is -2.93. The second-order valence-electron chi connectivity index (χ2n) is 6.88. The smallest absolute Gasteiger partial charge is 0.417 e. The van der Waals surface area contributed by atoms with Crippen molar-refractivity contribution in [2.45, 2.75) is 26.4 Å². The highest BCUT2D eigenvalue weighted by atomic mass is 35.5. The average molecular weight is 441 g/mol. The fourth-order valence-corrected chi connectivity index (χ4v) is 3.18. The molecule has 30 heavy (non-hydrogen) atoms. The second kappa shape index (κ2) is 7.60. The molecule has 0 spiro atoms. The van der Waals surface area contributed by atoms with Gasteiger partial charge in [-0.1, -0.05) is 23.3 Å². The molecule has 3 aromatic rings. The summed E-state index contributed by atoms with van der Waals surface area (Å²) >= 11 is 5.62. The van der Waals surface area contributed by atoms with Gasteiger partial charge in [-0.05, 0) is 38.5 Å². The molecule has 0 saturated heterocycles. The summed E-state index contributed by atoms with van der Waals surface area (Å²) in [4.78, 5) is 12.7. The molecule has 0 aliphatic heterocycles. The molecule has 0 bridgehead atoms. The number of rotatable bonds is 3. The number of fused-ring (bicyclic) bond motifs is 1. The standard InChI is InChI=1S/C21H16ClF3O5/c1-9(2)3-5-11-14(26)8-15(27)16-17(28)18(29)19(30-20(11)16)10-4-6-13(22)12(7-10)21(23,24)25/h3-4,6-8,26-27,29H,5H2,1-2H3. The maximum atomic E-state index is 13.2. The SMILES string of the molecule is CC(C)=CCc1c(O)cc(O)c2c(=O)c(O)c(-c3ccc(Cl)c(C(F)(F)F)c3)oc12. The highest BCUT2D eigenvalue weighted by Crippen LogP contribution is 2.41. The first-order valence-corrected chi connectivity index (χ1v) is 9.03. The van der Waals surface area contributed by atoms with Crippen LogP contribution in [0.3, 0.4) is 0 Å². The molecule has 5 nitrogen and oxygen atoms in total. The number of hydrogen-bond acceptors (Lipinski definition) is 5. The van der Waals surface area contributed by atoms with Gasteiger partial charge in [-0.15, -0.1) is 0 Å². The third-order valence-corrected chi connectivity index (χ3v) is 4.78. The molecule has 158 valence electrons. The Morgan fingerprint density at radius 3 is 2.40 bits per heavy atom. The molecule has 3 N–H and O–H groups in total. The lowest BCUT2D eigenvalue weighted by atomic mass is 10.0. The summed E-state index contributed by atoms with van der Waals surface area (Å²) in [5, 5.41) is 29.7. The van der Waals surface area contributed by atoms with Crippen LogP contribution >= 0.6 is 11.6 Å². The molecule has 2 aromatic carbocycles. The van der Waals surface area contributed by atoms with E-state index in [4.69, 9.17) is 16.0 Å². The van der Waals surface area contributed by atoms with E-state index in [-0.39, 0.29) is 28.9 Å². The second-order valence-corrected chi connectivity index (χ2v) is 7.29. The van der Waals surface area contributed by atoms with Crippen LogP contribution in [0.5, 0.6) is 17.2 Å². The van der Waals surface area contributed by atoms with E-state index in [1.54, 1.807) is 19.9 Å². The predicted octanol–water partition coefficient (Wildman–Crippen LogP) is 5.76. The Balaban J connectivity index is 2.38. The molecule has 9 heteroatoms. The zero-order valence-electron chi connectivity index (χ0n) is 15.8. The van der Waals surface area contributed by atoms with Crippen LogP contribution in [0, 0.1) is 0 Å². The van der Waals surface area contributed by atoms with Crippen LogP contribution in [-0.2, 0) is 12.6 Å². The molecule has 3 rings (SSSR count). The number of phenolic OH excluding ortho intramolecular Hbond substituents is 2. The fraction of sp³-hybridized carbons (Fsp3) is 0.190. The Morgan fingerprint density at radius 1 is 1.13 bits per heavy atom. The van der Waals surface area contributed by atoms with Crippen LogP contribution in [0.25, 0.3) is 22.3 Å². The quantitative estimate of drug-likeness (QED) is 0.450. The third kappa shape index (κ3) is 3.82. The molecule has 1 heterocycles. The van der Waals surface area contributed by atoms with Gasteiger partial charge in [0.1, 0.15) is 22.5 Å². The lowest BCUT2D eigenvalue weighted by molar-refractivity contribution is -0.137. The van der Waals surface area contributed by atoms with Gasteiger partial charge < -0.3 is 19.7 Å². The molecule has 1 aromatic heterocycles. The molecular weight excluding hydrogens is 425 g/mol. The van der Waals surface area contributed by atoms with E-state index >= 15 is 0 Å². The van der Waals surface area contributed by atoms with Crippen molar-refractivity contribution in [2.75, 3.05) is 0 Å². The Kier molecular flexibility index (Phi) is 5.47. The van der Waals surface area contributed by atoms with Gasteiger partial charge in [-0.2, -0.15) is 13.2 Å². The Labute approximate surface area is 173 Å². The van der Waals surface area contributed by atoms with E-state index in [0.29, 0.717) is 6.07 Å². The molecule has 0 aliphatic rings. The maximum absolute atomic E-state index is 13.2. The first kappa shape index (κ1) is 21.6. The fourth-order valence-electron chi connectivity index (χ4n) is 2.96. The van der Waals surface area contributed by atoms with Gasteiger partial charge in [0.25, 0.3) is 0 Å². The molecule has 0 atom stereocenters. The molecule has 0 aliphatic carbocycles. The zero-order valence-corrected chi connectivity index (χ0v) is 16.5. The van der Waals surface area contributed by atoms with Crippen LogP contribution in [0.1, 0.15) is 25.0 Å². The molecular formula is C21H16ClF3O5. The summed E-state index contributed by atoms with van der Waals surface area (Å²) in [6.45, 7) is 3.61. The molecule has 0 amide bonds. The van der Waals surface area contributed by atoms with Crippen molar-refractivity contribution in [3.63, 3.8) is 0 Å². The Bertz CT molecular complexity index is 1240. The molecule has 0 fully saturated rings. The van der Waals surface area contributed by atoms with Gasteiger partial charge in [-0.25, -0.2) is 0 Å². The van der Waals surface area contributed by atoms with Crippen molar-refractivity contribution in [1.29, 1.82) is 0 Å². The summed E-state index contributed by atoms with van der Waals surface area (Å²) in [5.74, 6) is -2.53. The van der Waals surface area contributed by atoms with Crippen LogP contribution in [0.15, 0.2) is 45.1 Å². The van der Waals surface area contributed by atoms with Crippen LogP contribution < -0.4 is 5.43 Å². The van der Waals surface area contributed by atoms with Crippen molar-refractivity contribution >= 4 is 22.6 Å². The van der Waals surface area contributed by atoms with Crippen LogP contribution in [-0.4, -0.2) is 15.3 Å². The minimum atomic E-state index is -4.77. The van der Waals surface area contributed by atoms with Crippen molar-refractivity contribution in [1.82, 2.24) is 0 Å². The highest BCUT2D eigenvalue weighted by molar-refractivity contribution is 6.31. The summed E-state index contributed by atoms with van der Waals surface area (Å²) in [6, 6.07) is 3.70.